The summed E-state index contributed by atoms with van der Waals surface area (Å²) in [7, 11) is 1.13. The summed E-state index contributed by atoms with van der Waals surface area (Å²) in [6.07, 6.45) is 0.925. The number of benzene rings is 2. The lowest BCUT2D eigenvalue weighted by Crippen LogP contribution is -2.21. The topological polar surface area (TPSA) is 77.1 Å². The van der Waals surface area contributed by atoms with E-state index in [1.807, 2.05) is 7.05 Å². The molecule has 9 heteroatoms. The molecule has 1 unspecified atom stereocenters. The minimum Gasteiger partial charge on any atom is -0.493 e. The number of hydrogen-bond acceptors (Lipinski definition) is 6. The number of nitrogens with zero attached hydrogens (tertiary/aromatic N) is 1. The van der Waals surface area contributed by atoms with Gasteiger partial charge in [0.15, 0.2) is 11.5 Å². The van der Waals surface area contributed by atoms with Crippen LogP contribution in [0, 0.1) is 0 Å². The highest BCUT2D eigenvalue weighted by molar-refractivity contribution is 7.92. The molecule has 0 saturated carbocycles. The molecule has 152 valence electrons. The van der Waals surface area contributed by atoms with E-state index < -0.39 is 10.0 Å². The first-order valence-electron chi connectivity index (χ1n) is 8.72. The number of nitrogens with one attached hydrogen (secondary N) is 1. The first kappa shape index (κ1) is 20.6. The molecule has 0 bridgehead atoms. The molecule has 0 spiro atoms. The fourth-order valence-electron chi connectivity index (χ4n) is 3.03. The first-order chi connectivity index (χ1) is 13.3. The number of halogens is 1. The van der Waals surface area contributed by atoms with Crippen LogP contribution in [0.3, 0.4) is 0 Å². The number of ether oxygens (including phenoxy) is 3. The van der Waals surface area contributed by atoms with Crippen molar-refractivity contribution in [3.8, 4) is 17.2 Å². The van der Waals surface area contributed by atoms with Gasteiger partial charge in [0.05, 0.1) is 29.8 Å². The van der Waals surface area contributed by atoms with Crippen molar-refractivity contribution in [2.75, 3.05) is 39.1 Å². The molecule has 2 aromatic rings. The van der Waals surface area contributed by atoms with Gasteiger partial charge >= 0.3 is 0 Å². The Balaban J connectivity index is 1.81. The van der Waals surface area contributed by atoms with E-state index in [0.29, 0.717) is 28.0 Å². The zero-order valence-corrected chi connectivity index (χ0v) is 17.5. The zero-order valence-electron chi connectivity index (χ0n) is 15.9. The average Bonchev–Trinajstić information content (AvgIpc) is 3.08. The molecule has 0 radical (unpaired) electrons. The van der Waals surface area contributed by atoms with E-state index in [1.165, 1.54) is 26.4 Å². The number of likely N-dealkylation sites (N-methyl/N-ethyl adjacent to an activating group) is 1. The SMILES string of the molecule is COc1ccc(S(=O)(=O)Nc2ccc(Cl)c(OC3CCN(C)C3)c2)cc1OC. The Kier molecular flexibility index (Phi) is 6.22. The maximum atomic E-state index is 12.8. The van der Waals surface area contributed by atoms with Gasteiger partial charge in [-0.2, -0.15) is 0 Å². The summed E-state index contributed by atoms with van der Waals surface area (Å²) in [6.45, 7) is 1.76. The third-order valence-electron chi connectivity index (χ3n) is 4.49. The van der Waals surface area contributed by atoms with Crippen LogP contribution in [0.1, 0.15) is 6.42 Å². The standard InChI is InChI=1S/C19H23ClN2O5S/c1-22-9-8-14(12-22)27-18-10-13(4-6-16(18)20)21-28(23,24)15-5-7-17(25-2)19(11-15)26-3/h4-7,10-11,14,21H,8-9,12H2,1-3H3. The predicted octanol–water partition coefficient (Wildman–Crippen LogP) is 3.24. The third kappa shape index (κ3) is 4.63. The Morgan fingerprint density at radius 3 is 2.46 bits per heavy atom. The van der Waals surface area contributed by atoms with E-state index >= 15 is 0 Å². The second-order valence-corrected chi connectivity index (χ2v) is 8.65. The fourth-order valence-corrected chi connectivity index (χ4v) is 4.25. The van der Waals surface area contributed by atoms with Gasteiger partial charge in [-0.25, -0.2) is 8.42 Å². The molecule has 1 saturated heterocycles. The van der Waals surface area contributed by atoms with Crippen LogP contribution in [0.15, 0.2) is 41.3 Å². The van der Waals surface area contributed by atoms with Gasteiger partial charge in [-0.3, -0.25) is 4.72 Å². The van der Waals surface area contributed by atoms with E-state index in [9.17, 15) is 8.42 Å². The number of methoxy groups -OCH3 is 2. The Labute approximate surface area is 170 Å². The van der Waals surface area contributed by atoms with Crippen molar-refractivity contribution in [1.29, 1.82) is 0 Å². The van der Waals surface area contributed by atoms with Gasteiger partial charge in [-0.15, -0.1) is 0 Å². The van der Waals surface area contributed by atoms with Crippen LogP contribution in [0.2, 0.25) is 5.02 Å². The summed E-state index contributed by atoms with van der Waals surface area (Å²) in [6, 6.07) is 9.20. The predicted molar refractivity (Wildman–Crippen MR) is 108 cm³/mol. The molecule has 1 N–H and O–H groups in total. The van der Waals surface area contributed by atoms with Gasteiger partial charge < -0.3 is 19.1 Å². The highest BCUT2D eigenvalue weighted by atomic mass is 35.5. The molecule has 1 atom stereocenters. The van der Waals surface area contributed by atoms with Crippen LogP contribution >= 0.6 is 11.6 Å². The fraction of sp³-hybridized carbons (Fsp3) is 0.368. The summed E-state index contributed by atoms with van der Waals surface area (Å²) < 4.78 is 44.4. The molecule has 1 heterocycles. The van der Waals surface area contributed by atoms with Crippen LogP contribution in [0.25, 0.3) is 0 Å². The molecule has 2 aromatic carbocycles. The summed E-state index contributed by atoms with van der Waals surface area (Å²) in [4.78, 5) is 2.22. The van der Waals surface area contributed by atoms with Crippen molar-refractivity contribution in [2.45, 2.75) is 17.4 Å². The quantitative estimate of drug-likeness (QED) is 0.732. The van der Waals surface area contributed by atoms with Gasteiger partial charge in [-0.1, -0.05) is 11.6 Å². The van der Waals surface area contributed by atoms with E-state index in [0.717, 1.165) is 19.5 Å². The van der Waals surface area contributed by atoms with E-state index in [2.05, 4.69) is 9.62 Å². The monoisotopic (exact) mass is 426 g/mol. The van der Waals surface area contributed by atoms with Crippen molar-refractivity contribution in [3.05, 3.63) is 41.4 Å². The number of sulfonamides is 1. The first-order valence-corrected chi connectivity index (χ1v) is 10.6. The number of hydrogen-bond donors (Lipinski definition) is 1. The van der Waals surface area contributed by atoms with Gasteiger partial charge in [0.25, 0.3) is 10.0 Å². The minimum atomic E-state index is -3.83. The molecular weight excluding hydrogens is 404 g/mol. The average molecular weight is 427 g/mol. The summed E-state index contributed by atoms with van der Waals surface area (Å²) in [5.74, 6) is 1.23. The van der Waals surface area contributed by atoms with Crippen LogP contribution in [-0.4, -0.2) is 53.8 Å². The maximum absolute atomic E-state index is 12.8. The lowest BCUT2D eigenvalue weighted by molar-refractivity contribution is 0.208. The van der Waals surface area contributed by atoms with E-state index in [4.69, 9.17) is 25.8 Å². The Hall–Kier alpha value is -2.16. The maximum Gasteiger partial charge on any atom is 0.262 e. The molecular formula is C19H23ClN2O5S. The summed E-state index contributed by atoms with van der Waals surface area (Å²) in [5.41, 5.74) is 0.362. The molecule has 28 heavy (non-hydrogen) atoms. The molecule has 1 aliphatic heterocycles. The minimum absolute atomic E-state index is 0.0280. The largest absolute Gasteiger partial charge is 0.493 e. The Morgan fingerprint density at radius 1 is 1.07 bits per heavy atom. The van der Waals surface area contributed by atoms with Crippen LogP contribution in [-0.2, 0) is 10.0 Å². The van der Waals surface area contributed by atoms with Gasteiger partial charge in [0, 0.05) is 25.2 Å². The van der Waals surface area contributed by atoms with Crippen molar-refractivity contribution >= 4 is 27.3 Å². The lowest BCUT2D eigenvalue weighted by atomic mass is 10.3. The van der Waals surface area contributed by atoms with Crippen LogP contribution in [0.4, 0.5) is 5.69 Å². The second-order valence-electron chi connectivity index (χ2n) is 6.56. The number of rotatable bonds is 7. The number of anilines is 1. The van der Waals surface area contributed by atoms with Crippen molar-refractivity contribution < 1.29 is 22.6 Å². The van der Waals surface area contributed by atoms with Crippen molar-refractivity contribution in [1.82, 2.24) is 4.90 Å². The molecule has 0 aliphatic carbocycles. The van der Waals surface area contributed by atoms with Crippen LogP contribution < -0.4 is 18.9 Å². The molecule has 1 fully saturated rings. The van der Waals surface area contributed by atoms with Gasteiger partial charge in [-0.05, 0) is 37.7 Å². The Morgan fingerprint density at radius 2 is 1.82 bits per heavy atom. The lowest BCUT2D eigenvalue weighted by Gasteiger charge is -2.16. The second kappa shape index (κ2) is 8.46. The number of likely N-dealkylation sites (tertiary alicyclic amines) is 1. The Bertz CT molecular complexity index is 951. The van der Waals surface area contributed by atoms with Gasteiger partial charge in [0.2, 0.25) is 0 Å². The molecule has 7 nitrogen and oxygen atoms in total. The van der Waals surface area contributed by atoms with Gasteiger partial charge in [0.1, 0.15) is 11.9 Å². The summed E-state index contributed by atoms with van der Waals surface area (Å²) in [5, 5.41) is 0.434. The third-order valence-corrected chi connectivity index (χ3v) is 6.18. The zero-order chi connectivity index (χ0) is 20.3. The summed E-state index contributed by atoms with van der Waals surface area (Å²) >= 11 is 6.23. The highest BCUT2D eigenvalue weighted by Crippen LogP contribution is 2.33. The van der Waals surface area contributed by atoms with E-state index in [1.54, 1.807) is 24.3 Å². The van der Waals surface area contributed by atoms with E-state index in [-0.39, 0.29) is 11.0 Å². The molecule has 0 amide bonds. The van der Waals surface area contributed by atoms with Crippen LogP contribution in [0.5, 0.6) is 17.2 Å². The highest BCUT2D eigenvalue weighted by Gasteiger charge is 2.23. The molecule has 0 aromatic heterocycles. The van der Waals surface area contributed by atoms with Crippen molar-refractivity contribution in [3.63, 3.8) is 0 Å². The normalized spacial score (nSPS) is 17.4. The molecule has 3 rings (SSSR count). The molecule has 1 aliphatic rings. The smallest absolute Gasteiger partial charge is 0.262 e. The van der Waals surface area contributed by atoms with Crippen molar-refractivity contribution in [2.24, 2.45) is 0 Å².